The van der Waals surface area contributed by atoms with Gasteiger partial charge in [-0.25, -0.2) is 0 Å². The molecule has 0 heterocycles. The summed E-state index contributed by atoms with van der Waals surface area (Å²) in [6, 6.07) is 4.40. The lowest BCUT2D eigenvalue weighted by molar-refractivity contribution is 0.397. The van der Waals surface area contributed by atoms with Crippen molar-refractivity contribution in [3.63, 3.8) is 0 Å². The standard InChI is InChI=1S/C18H28O/c1-13-11-15(18(5,6)7)16(19-8)12-14(13)9-10-17(2,3)4/h9-12H,1-8H3/b10-9+. The predicted octanol–water partition coefficient (Wildman–Crippen LogP) is 5.36. The third kappa shape index (κ3) is 4.41. The Bertz CT molecular complexity index is 468. The first-order chi connectivity index (χ1) is 8.54. The SMILES string of the molecule is COc1cc(/C=C/C(C)(C)C)c(C)cc1C(C)(C)C. The molecule has 0 unspecified atom stereocenters. The zero-order valence-corrected chi connectivity index (χ0v) is 13.7. The maximum Gasteiger partial charge on any atom is 0.123 e. The van der Waals surface area contributed by atoms with E-state index in [1.807, 2.05) is 0 Å². The summed E-state index contributed by atoms with van der Waals surface area (Å²) >= 11 is 0. The van der Waals surface area contributed by atoms with Crippen LogP contribution >= 0.6 is 0 Å². The maximum absolute atomic E-state index is 5.57. The lowest BCUT2D eigenvalue weighted by Crippen LogP contribution is -2.13. The van der Waals surface area contributed by atoms with Gasteiger partial charge in [-0.05, 0) is 40.5 Å². The highest BCUT2D eigenvalue weighted by atomic mass is 16.5. The Hall–Kier alpha value is -1.24. The molecule has 106 valence electrons. The first-order valence-electron chi connectivity index (χ1n) is 6.93. The van der Waals surface area contributed by atoms with Crippen LogP contribution in [0.3, 0.4) is 0 Å². The molecule has 0 aliphatic heterocycles. The van der Waals surface area contributed by atoms with Crippen molar-refractivity contribution in [2.45, 2.75) is 53.9 Å². The largest absolute Gasteiger partial charge is 0.496 e. The van der Waals surface area contributed by atoms with Crippen molar-refractivity contribution < 1.29 is 4.74 Å². The van der Waals surface area contributed by atoms with Gasteiger partial charge in [0.1, 0.15) is 5.75 Å². The summed E-state index contributed by atoms with van der Waals surface area (Å²) in [6.45, 7) is 15.4. The minimum absolute atomic E-state index is 0.0996. The van der Waals surface area contributed by atoms with E-state index < -0.39 is 0 Å². The third-order valence-corrected chi connectivity index (χ3v) is 3.16. The van der Waals surface area contributed by atoms with Crippen LogP contribution < -0.4 is 4.74 Å². The molecule has 0 aliphatic rings. The number of rotatable bonds is 2. The summed E-state index contributed by atoms with van der Waals surface area (Å²) in [4.78, 5) is 0. The van der Waals surface area contributed by atoms with E-state index in [0.717, 1.165) is 5.75 Å². The average molecular weight is 260 g/mol. The van der Waals surface area contributed by atoms with Gasteiger partial charge in [-0.3, -0.25) is 0 Å². The zero-order chi connectivity index (χ0) is 14.8. The molecule has 0 aliphatic carbocycles. The number of ether oxygens (including phenoxy) is 1. The molecule has 0 radical (unpaired) electrons. The molecule has 1 nitrogen and oxygen atoms in total. The molecule has 0 saturated carbocycles. The molecular formula is C18H28O. The maximum atomic E-state index is 5.57. The van der Waals surface area contributed by atoms with E-state index in [0.29, 0.717) is 0 Å². The first-order valence-corrected chi connectivity index (χ1v) is 6.93. The van der Waals surface area contributed by atoms with E-state index >= 15 is 0 Å². The van der Waals surface area contributed by atoms with Crippen LogP contribution in [-0.2, 0) is 5.41 Å². The van der Waals surface area contributed by atoms with Crippen molar-refractivity contribution >= 4 is 6.08 Å². The Morgan fingerprint density at radius 3 is 2.00 bits per heavy atom. The van der Waals surface area contributed by atoms with Crippen LogP contribution in [0.2, 0.25) is 0 Å². The second kappa shape index (κ2) is 5.40. The van der Waals surface area contributed by atoms with Crippen LogP contribution in [0.1, 0.15) is 58.2 Å². The summed E-state index contributed by atoms with van der Waals surface area (Å²) in [5.74, 6) is 0.978. The lowest BCUT2D eigenvalue weighted by atomic mass is 9.84. The van der Waals surface area contributed by atoms with E-state index in [1.54, 1.807) is 7.11 Å². The van der Waals surface area contributed by atoms with Crippen molar-refractivity contribution in [3.05, 3.63) is 34.9 Å². The Morgan fingerprint density at radius 2 is 1.58 bits per heavy atom. The molecular weight excluding hydrogens is 232 g/mol. The molecule has 0 bridgehead atoms. The fourth-order valence-electron chi connectivity index (χ4n) is 1.98. The zero-order valence-electron chi connectivity index (χ0n) is 13.7. The summed E-state index contributed by atoms with van der Waals surface area (Å²) < 4.78 is 5.57. The molecule has 0 amide bonds. The summed E-state index contributed by atoms with van der Waals surface area (Å²) in [7, 11) is 1.75. The average Bonchev–Trinajstić information content (AvgIpc) is 2.24. The van der Waals surface area contributed by atoms with E-state index in [9.17, 15) is 0 Å². The predicted molar refractivity (Wildman–Crippen MR) is 84.9 cm³/mol. The third-order valence-electron chi connectivity index (χ3n) is 3.16. The van der Waals surface area contributed by atoms with E-state index in [4.69, 9.17) is 4.74 Å². The topological polar surface area (TPSA) is 9.23 Å². The highest BCUT2D eigenvalue weighted by Gasteiger charge is 2.20. The molecule has 0 atom stereocenters. The van der Waals surface area contributed by atoms with Crippen molar-refractivity contribution in [2.24, 2.45) is 5.41 Å². The van der Waals surface area contributed by atoms with Gasteiger partial charge in [-0.1, -0.05) is 59.8 Å². The van der Waals surface area contributed by atoms with E-state index in [1.165, 1.54) is 16.7 Å². The van der Waals surface area contributed by atoms with Gasteiger partial charge >= 0.3 is 0 Å². The Labute approximate surface area is 118 Å². The highest BCUT2D eigenvalue weighted by molar-refractivity contribution is 5.59. The Morgan fingerprint density at radius 1 is 1.00 bits per heavy atom. The van der Waals surface area contributed by atoms with Crippen molar-refractivity contribution in [2.75, 3.05) is 7.11 Å². The normalized spacial score (nSPS) is 13.1. The molecule has 0 spiro atoms. The van der Waals surface area contributed by atoms with Gasteiger partial charge in [-0.15, -0.1) is 0 Å². The summed E-state index contributed by atoms with van der Waals surface area (Å²) in [5, 5.41) is 0. The second-order valence-electron chi connectivity index (χ2n) is 7.36. The Balaban J connectivity index is 3.28. The Kier molecular flexibility index (Phi) is 4.50. The summed E-state index contributed by atoms with van der Waals surface area (Å²) in [6.07, 6.45) is 4.44. The van der Waals surface area contributed by atoms with Gasteiger partial charge < -0.3 is 4.74 Å². The number of aryl methyl sites for hydroxylation is 1. The number of hydrogen-bond acceptors (Lipinski definition) is 1. The highest BCUT2D eigenvalue weighted by Crippen LogP contribution is 2.34. The van der Waals surface area contributed by atoms with Crippen LogP contribution in [0.25, 0.3) is 6.08 Å². The minimum Gasteiger partial charge on any atom is -0.496 e. The fraction of sp³-hybridized carbons (Fsp3) is 0.556. The van der Waals surface area contributed by atoms with Gasteiger partial charge in [0.05, 0.1) is 7.11 Å². The minimum atomic E-state index is 0.0996. The smallest absolute Gasteiger partial charge is 0.123 e. The van der Waals surface area contributed by atoms with Gasteiger partial charge in [0.2, 0.25) is 0 Å². The van der Waals surface area contributed by atoms with Crippen LogP contribution in [-0.4, -0.2) is 7.11 Å². The van der Waals surface area contributed by atoms with Gasteiger partial charge in [0.15, 0.2) is 0 Å². The fourth-order valence-corrected chi connectivity index (χ4v) is 1.98. The molecule has 1 aromatic rings. The molecule has 1 rings (SSSR count). The first kappa shape index (κ1) is 15.8. The quantitative estimate of drug-likeness (QED) is 0.695. The van der Waals surface area contributed by atoms with Crippen molar-refractivity contribution in [3.8, 4) is 5.75 Å². The monoisotopic (exact) mass is 260 g/mol. The molecule has 1 heteroatoms. The number of methoxy groups -OCH3 is 1. The van der Waals surface area contributed by atoms with E-state index in [-0.39, 0.29) is 10.8 Å². The van der Waals surface area contributed by atoms with Crippen LogP contribution in [0.4, 0.5) is 0 Å². The lowest BCUT2D eigenvalue weighted by Gasteiger charge is -2.23. The molecule has 19 heavy (non-hydrogen) atoms. The summed E-state index contributed by atoms with van der Waals surface area (Å²) in [5.41, 5.74) is 4.09. The second-order valence-corrected chi connectivity index (χ2v) is 7.36. The van der Waals surface area contributed by atoms with Crippen molar-refractivity contribution in [1.82, 2.24) is 0 Å². The van der Waals surface area contributed by atoms with Crippen LogP contribution in [0.15, 0.2) is 18.2 Å². The number of benzene rings is 1. The molecule has 0 aromatic heterocycles. The number of hydrogen-bond donors (Lipinski definition) is 0. The molecule has 0 fully saturated rings. The van der Waals surface area contributed by atoms with Gasteiger partial charge in [0, 0.05) is 0 Å². The van der Waals surface area contributed by atoms with Gasteiger partial charge in [-0.2, -0.15) is 0 Å². The molecule has 1 aromatic carbocycles. The van der Waals surface area contributed by atoms with Gasteiger partial charge in [0.25, 0.3) is 0 Å². The number of allylic oxidation sites excluding steroid dienone is 1. The molecule has 0 N–H and O–H groups in total. The van der Waals surface area contributed by atoms with Crippen LogP contribution in [0.5, 0.6) is 5.75 Å². The van der Waals surface area contributed by atoms with E-state index in [2.05, 4.69) is 72.8 Å². The molecule has 0 saturated heterocycles. The van der Waals surface area contributed by atoms with Crippen LogP contribution in [0, 0.1) is 12.3 Å². The van der Waals surface area contributed by atoms with Crippen molar-refractivity contribution in [1.29, 1.82) is 0 Å².